The minimum absolute atomic E-state index is 0.0615. The van der Waals surface area contributed by atoms with Crippen molar-refractivity contribution in [1.82, 2.24) is 5.32 Å². The Hall–Kier alpha value is -1.91. The fourth-order valence-electron chi connectivity index (χ4n) is 8.70. The van der Waals surface area contributed by atoms with Gasteiger partial charge >= 0.3 is 0 Å². The Labute approximate surface area is 400 Å². The largest absolute Gasteiger partial charge is 0.394 e. The first-order valence-electron chi connectivity index (χ1n) is 28.5. The molecule has 0 aliphatic rings. The molecule has 0 aromatic rings. The van der Waals surface area contributed by atoms with Gasteiger partial charge in [-0.3, -0.25) is 4.79 Å². The van der Waals surface area contributed by atoms with E-state index in [1.807, 2.05) is 6.08 Å². The number of aliphatic hydroxyl groups is 2. The zero-order valence-corrected chi connectivity index (χ0v) is 43.1. The molecule has 0 aliphatic carbocycles. The highest BCUT2D eigenvalue weighted by molar-refractivity contribution is 5.76. The molecule has 0 rings (SSSR count). The molecule has 2 atom stereocenters. The van der Waals surface area contributed by atoms with Crippen LogP contribution in [0.4, 0.5) is 0 Å². The van der Waals surface area contributed by atoms with Gasteiger partial charge in [-0.2, -0.15) is 0 Å². The Kier molecular flexibility index (Phi) is 53.8. The van der Waals surface area contributed by atoms with Crippen LogP contribution in [0.2, 0.25) is 0 Å². The van der Waals surface area contributed by atoms with Crippen molar-refractivity contribution < 1.29 is 15.0 Å². The number of amides is 1. The first-order valence-corrected chi connectivity index (χ1v) is 28.5. The third-order valence-electron chi connectivity index (χ3n) is 13.0. The second-order valence-corrected chi connectivity index (χ2v) is 19.3. The normalized spacial score (nSPS) is 13.2. The molecule has 0 saturated carbocycles. The SMILES string of the molecule is CC/C=C\C/C=C\C/C=C\C/C=C\CCCCCCCCCCCCCCCCCCC(=O)NC(CO)C(O)/C=C/CCCCCCCCCCCCCCCCCCCCCCC. The third kappa shape index (κ3) is 51.1. The molecule has 2 unspecified atom stereocenters. The van der Waals surface area contributed by atoms with E-state index in [0.717, 1.165) is 51.4 Å². The molecule has 3 N–H and O–H groups in total. The van der Waals surface area contributed by atoms with Crippen LogP contribution in [0.15, 0.2) is 60.8 Å². The van der Waals surface area contributed by atoms with Crippen molar-refractivity contribution in [2.75, 3.05) is 6.61 Å². The summed E-state index contributed by atoms with van der Waals surface area (Å²) in [6, 6.07) is -0.624. The highest BCUT2D eigenvalue weighted by Crippen LogP contribution is 2.17. The van der Waals surface area contributed by atoms with Crippen molar-refractivity contribution in [3.05, 3.63) is 60.8 Å². The first kappa shape index (κ1) is 62.1. The van der Waals surface area contributed by atoms with Crippen molar-refractivity contribution in [2.24, 2.45) is 0 Å². The second-order valence-electron chi connectivity index (χ2n) is 19.3. The van der Waals surface area contributed by atoms with Crippen molar-refractivity contribution >= 4 is 5.91 Å². The van der Waals surface area contributed by atoms with Gasteiger partial charge in [0.25, 0.3) is 0 Å². The van der Waals surface area contributed by atoms with E-state index in [4.69, 9.17) is 0 Å². The minimum Gasteiger partial charge on any atom is -0.394 e. The molecule has 64 heavy (non-hydrogen) atoms. The quantitative estimate of drug-likeness (QED) is 0.0421. The lowest BCUT2D eigenvalue weighted by molar-refractivity contribution is -0.123. The molecule has 0 radical (unpaired) electrons. The first-order chi connectivity index (χ1) is 31.7. The molecule has 0 aromatic carbocycles. The van der Waals surface area contributed by atoms with Crippen molar-refractivity contribution in [3.8, 4) is 0 Å². The van der Waals surface area contributed by atoms with E-state index in [9.17, 15) is 15.0 Å². The van der Waals surface area contributed by atoms with Gasteiger partial charge in [0.1, 0.15) is 0 Å². The van der Waals surface area contributed by atoms with E-state index in [2.05, 4.69) is 67.8 Å². The summed E-state index contributed by atoms with van der Waals surface area (Å²) < 4.78 is 0. The number of carbonyl (C=O) groups is 1. The van der Waals surface area contributed by atoms with Gasteiger partial charge in [0.2, 0.25) is 5.91 Å². The molecule has 4 nitrogen and oxygen atoms in total. The summed E-state index contributed by atoms with van der Waals surface area (Å²) in [5.41, 5.74) is 0. The maximum absolute atomic E-state index is 12.5. The van der Waals surface area contributed by atoms with Crippen LogP contribution in [-0.2, 0) is 4.79 Å². The molecule has 0 aliphatic heterocycles. The van der Waals surface area contributed by atoms with Crippen molar-refractivity contribution in [1.29, 1.82) is 0 Å². The predicted molar refractivity (Wildman–Crippen MR) is 285 cm³/mol. The topological polar surface area (TPSA) is 69.6 Å². The van der Waals surface area contributed by atoms with Crippen LogP contribution in [0.1, 0.15) is 296 Å². The van der Waals surface area contributed by atoms with Gasteiger partial charge in [-0.1, -0.05) is 293 Å². The maximum Gasteiger partial charge on any atom is 0.220 e. The predicted octanol–water partition coefficient (Wildman–Crippen LogP) is 18.8. The fraction of sp³-hybridized carbons (Fsp3) is 0.817. The number of rotatable bonds is 52. The molecule has 0 heterocycles. The molecule has 0 spiro atoms. The van der Waals surface area contributed by atoms with Crippen LogP contribution in [0, 0.1) is 0 Å². The number of hydrogen-bond acceptors (Lipinski definition) is 3. The lowest BCUT2D eigenvalue weighted by Crippen LogP contribution is -2.45. The molecule has 0 saturated heterocycles. The molecule has 0 fully saturated rings. The highest BCUT2D eigenvalue weighted by atomic mass is 16.3. The van der Waals surface area contributed by atoms with Crippen LogP contribution in [-0.4, -0.2) is 34.9 Å². The van der Waals surface area contributed by atoms with Gasteiger partial charge in [0.15, 0.2) is 0 Å². The second kappa shape index (κ2) is 55.4. The molecule has 4 heteroatoms. The summed E-state index contributed by atoms with van der Waals surface area (Å²) >= 11 is 0. The van der Waals surface area contributed by atoms with Gasteiger partial charge in [0, 0.05) is 6.42 Å². The molecule has 374 valence electrons. The Bertz CT molecular complexity index is 1060. The van der Waals surface area contributed by atoms with Gasteiger partial charge in [-0.15, -0.1) is 0 Å². The third-order valence-corrected chi connectivity index (χ3v) is 13.0. The highest BCUT2D eigenvalue weighted by Gasteiger charge is 2.18. The molecule has 0 aromatic heterocycles. The monoisotopic (exact) mass is 894 g/mol. The van der Waals surface area contributed by atoms with E-state index >= 15 is 0 Å². The number of allylic oxidation sites excluding steroid dienone is 9. The van der Waals surface area contributed by atoms with E-state index in [0.29, 0.717) is 6.42 Å². The Balaban J connectivity index is 3.49. The van der Waals surface area contributed by atoms with Crippen LogP contribution in [0.5, 0.6) is 0 Å². The van der Waals surface area contributed by atoms with E-state index in [1.165, 1.54) is 225 Å². The van der Waals surface area contributed by atoms with Gasteiger partial charge in [0.05, 0.1) is 18.8 Å². The average Bonchev–Trinajstić information content (AvgIpc) is 3.30. The minimum atomic E-state index is -0.841. The summed E-state index contributed by atoms with van der Waals surface area (Å²) in [5, 5.41) is 23.2. The Morgan fingerprint density at radius 2 is 0.688 bits per heavy atom. The molecular formula is C60H111NO3. The number of unbranched alkanes of at least 4 members (excludes halogenated alkanes) is 37. The van der Waals surface area contributed by atoms with Gasteiger partial charge in [-0.25, -0.2) is 0 Å². The summed E-state index contributed by atoms with van der Waals surface area (Å²) in [7, 11) is 0. The van der Waals surface area contributed by atoms with Crippen molar-refractivity contribution in [3.63, 3.8) is 0 Å². The molecule has 1 amide bonds. The summed E-state index contributed by atoms with van der Waals surface area (Å²) in [4.78, 5) is 12.5. The summed E-state index contributed by atoms with van der Waals surface area (Å²) in [6.45, 7) is 4.22. The van der Waals surface area contributed by atoms with Crippen molar-refractivity contribution in [2.45, 2.75) is 309 Å². The molecular weight excluding hydrogens is 783 g/mol. The van der Waals surface area contributed by atoms with Crippen LogP contribution < -0.4 is 5.32 Å². The smallest absolute Gasteiger partial charge is 0.220 e. The van der Waals surface area contributed by atoms with E-state index in [1.54, 1.807) is 6.08 Å². The Morgan fingerprint density at radius 3 is 1.03 bits per heavy atom. The lowest BCUT2D eigenvalue weighted by atomic mass is 10.0. The zero-order valence-electron chi connectivity index (χ0n) is 43.1. The number of hydrogen-bond donors (Lipinski definition) is 3. The number of aliphatic hydroxyl groups excluding tert-OH is 2. The fourth-order valence-corrected chi connectivity index (χ4v) is 8.70. The maximum atomic E-state index is 12.5. The molecule has 0 bridgehead atoms. The van der Waals surface area contributed by atoms with E-state index < -0.39 is 12.1 Å². The standard InChI is InChI=1S/C60H111NO3/c1-3-5-7-9-11-13-15-17-19-21-23-25-27-28-29-30-31-32-34-36-38-40-42-44-46-48-50-52-54-56-60(64)61-58(57-62)59(63)55-53-51-49-47-45-43-41-39-37-35-33-26-24-22-20-18-16-14-12-10-8-6-4-2/h5,7,11,13,17,19,23,25,53,55,58-59,62-63H,3-4,6,8-10,12,14-16,18,20-22,24,26-52,54,56-57H2,1-2H3,(H,61,64)/b7-5-,13-11-,19-17-,25-23-,55-53+. The van der Waals surface area contributed by atoms with E-state index in [-0.39, 0.29) is 12.5 Å². The Morgan fingerprint density at radius 1 is 0.391 bits per heavy atom. The van der Waals surface area contributed by atoms with Crippen LogP contribution in [0.25, 0.3) is 0 Å². The van der Waals surface area contributed by atoms with Gasteiger partial charge in [-0.05, 0) is 57.8 Å². The summed E-state index contributed by atoms with van der Waals surface area (Å²) in [5.74, 6) is -0.0615. The summed E-state index contributed by atoms with van der Waals surface area (Å²) in [6.07, 6.45) is 78.1. The average molecular weight is 895 g/mol. The van der Waals surface area contributed by atoms with Crippen LogP contribution in [0.3, 0.4) is 0 Å². The number of carbonyl (C=O) groups excluding carboxylic acids is 1. The van der Waals surface area contributed by atoms with Crippen LogP contribution >= 0.6 is 0 Å². The lowest BCUT2D eigenvalue weighted by Gasteiger charge is -2.20. The zero-order chi connectivity index (χ0) is 46.3. The van der Waals surface area contributed by atoms with Gasteiger partial charge < -0.3 is 15.5 Å². The number of nitrogens with one attached hydrogen (secondary N) is 1.